The van der Waals surface area contributed by atoms with Gasteiger partial charge in [0, 0.05) is 6.04 Å². The topological polar surface area (TPSA) is 23.5 Å². The largest absolute Gasteiger partial charge is 0.508 e. The molecule has 34 heavy (non-hydrogen) atoms. The molecule has 0 saturated carbocycles. The lowest BCUT2D eigenvalue weighted by Crippen LogP contribution is -2.30. The highest BCUT2D eigenvalue weighted by Crippen LogP contribution is 2.39. The minimum Gasteiger partial charge on any atom is -0.508 e. The molecule has 2 nitrogen and oxygen atoms in total. The fourth-order valence-electron chi connectivity index (χ4n) is 6.05. The summed E-state index contributed by atoms with van der Waals surface area (Å²) in [5, 5.41) is 10.1. The Bertz CT molecular complexity index is 948. The van der Waals surface area contributed by atoms with Crippen LogP contribution in [-0.4, -0.2) is 29.1 Å². The quantitative estimate of drug-likeness (QED) is 0.338. The maximum atomic E-state index is 13.6. The Labute approximate surface area is 205 Å². The van der Waals surface area contributed by atoms with Crippen molar-refractivity contribution in [2.75, 3.05) is 13.1 Å². The number of nitrogens with zero attached hydrogens (tertiary/aromatic N) is 1. The fourth-order valence-corrected chi connectivity index (χ4v) is 6.05. The fraction of sp³-hybridized carbons (Fsp3) is 0.548. The number of allylic oxidation sites excluding steroid dienone is 2. The van der Waals surface area contributed by atoms with Crippen LogP contribution < -0.4 is 0 Å². The number of fused-ring (bicyclic) bond motifs is 1. The Hall–Kier alpha value is -2.13. The van der Waals surface area contributed by atoms with Crippen LogP contribution in [0.5, 0.6) is 5.75 Å². The summed E-state index contributed by atoms with van der Waals surface area (Å²) < 4.78 is 13.6. The van der Waals surface area contributed by atoms with E-state index < -0.39 is 0 Å². The molecule has 0 aromatic heterocycles. The third kappa shape index (κ3) is 6.50. The van der Waals surface area contributed by atoms with Crippen LogP contribution in [0.3, 0.4) is 0 Å². The van der Waals surface area contributed by atoms with Crippen LogP contribution in [0.1, 0.15) is 101 Å². The summed E-state index contributed by atoms with van der Waals surface area (Å²) in [5.41, 5.74) is 6.44. The Morgan fingerprint density at radius 2 is 1.79 bits per heavy atom. The monoisotopic (exact) mass is 463 g/mol. The molecule has 1 heterocycles. The van der Waals surface area contributed by atoms with Crippen molar-refractivity contribution >= 4 is 11.1 Å². The molecule has 1 N–H and O–H groups in total. The zero-order valence-corrected chi connectivity index (χ0v) is 21.0. The van der Waals surface area contributed by atoms with E-state index in [9.17, 15) is 9.50 Å². The van der Waals surface area contributed by atoms with E-state index in [-0.39, 0.29) is 5.82 Å². The van der Waals surface area contributed by atoms with Crippen molar-refractivity contribution in [1.29, 1.82) is 0 Å². The number of benzene rings is 2. The van der Waals surface area contributed by atoms with Gasteiger partial charge in [0.1, 0.15) is 11.6 Å². The van der Waals surface area contributed by atoms with Gasteiger partial charge in [-0.15, -0.1) is 0 Å². The van der Waals surface area contributed by atoms with Crippen LogP contribution >= 0.6 is 0 Å². The van der Waals surface area contributed by atoms with E-state index in [4.69, 9.17) is 0 Å². The molecule has 1 saturated heterocycles. The molecule has 2 aliphatic rings. The highest BCUT2D eigenvalue weighted by molar-refractivity contribution is 5.92. The summed E-state index contributed by atoms with van der Waals surface area (Å²) in [6.45, 7) is 4.82. The maximum Gasteiger partial charge on any atom is 0.123 e. The molecule has 2 aromatic carbocycles. The second-order valence-corrected chi connectivity index (χ2v) is 10.3. The molecule has 1 atom stereocenters. The average Bonchev–Trinajstić information content (AvgIpc) is 3.20. The van der Waals surface area contributed by atoms with Gasteiger partial charge in [0.05, 0.1) is 0 Å². The summed E-state index contributed by atoms with van der Waals surface area (Å²) >= 11 is 0. The Kier molecular flexibility index (Phi) is 9.21. The number of hydrogen-bond donors (Lipinski definition) is 1. The standard InChI is InChI=1S/C31H42FNO/c1-2-3-5-11-27-12-9-22-33(27)21-7-4-6-13-31-29(24-15-17-26(32)18-16-24)14-8-10-25-23-28(34)19-20-30(25)31/h15-20,23,27,34H,2-14,21-22H2,1H3/t27-/m1/s1. The average molecular weight is 464 g/mol. The molecule has 0 amide bonds. The van der Waals surface area contributed by atoms with Gasteiger partial charge in [-0.1, -0.05) is 50.8 Å². The zero-order valence-electron chi connectivity index (χ0n) is 21.0. The summed E-state index contributed by atoms with van der Waals surface area (Å²) in [7, 11) is 0. The first-order chi connectivity index (χ1) is 16.7. The molecule has 1 fully saturated rings. The van der Waals surface area contributed by atoms with Crippen LogP contribution in [0.2, 0.25) is 0 Å². The first-order valence-corrected chi connectivity index (χ1v) is 13.7. The van der Waals surface area contributed by atoms with Crippen LogP contribution in [-0.2, 0) is 6.42 Å². The van der Waals surface area contributed by atoms with Gasteiger partial charge >= 0.3 is 0 Å². The Balaban J connectivity index is 1.41. The van der Waals surface area contributed by atoms with Gasteiger partial charge < -0.3 is 10.0 Å². The van der Waals surface area contributed by atoms with Crippen molar-refractivity contribution in [2.45, 2.75) is 96.4 Å². The Morgan fingerprint density at radius 3 is 2.62 bits per heavy atom. The molecule has 2 aromatic rings. The predicted octanol–water partition coefficient (Wildman–Crippen LogP) is 8.38. The predicted molar refractivity (Wildman–Crippen MR) is 141 cm³/mol. The number of rotatable bonds is 11. The summed E-state index contributed by atoms with van der Waals surface area (Å²) in [6.07, 6.45) is 16.0. The molecule has 184 valence electrons. The van der Waals surface area contributed by atoms with Crippen molar-refractivity contribution in [3.05, 3.63) is 65.0 Å². The van der Waals surface area contributed by atoms with Gasteiger partial charge in [0.25, 0.3) is 0 Å². The molecular formula is C31H42FNO. The van der Waals surface area contributed by atoms with Crippen molar-refractivity contribution in [1.82, 2.24) is 4.90 Å². The smallest absolute Gasteiger partial charge is 0.123 e. The van der Waals surface area contributed by atoms with Crippen molar-refractivity contribution in [3.63, 3.8) is 0 Å². The second-order valence-electron chi connectivity index (χ2n) is 10.3. The lowest BCUT2D eigenvalue weighted by atomic mass is 9.89. The van der Waals surface area contributed by atoms with Gasteiger partial charge in [0.15, 0.2) is 0 Å². The van der Waals surface area contributed by atoms with Gasteiger partial charge in [-0.05, 0) is 123 Å². The van der Waals surface area contributed by atoms with E-state index in [2.05, 4.69) is 17.9 Å². The van der Waals surface area contributed by atoms with E-state index in [1.807, 2.05) is 24.3 Å². The number of unbranched alkanes of at least 4 members (excludes halogenated alkanes) is 4. The number of phenols is 1. The number of halogens is 1. The van der Waals surface area contributed by atoms with Crippen molar-refractivity contribution < 1.29 is 9.50 Å². The van der Waals surface area contributed by atoms with Gasteiger partial charge in [-0.25, -0.2) is 4.39 Å². The van der Waals surface area contributed by atoms with Crippen LogP contribution in [0.4, 0.5) is 4.39 Å². The van der Waals surface area contributed by atoms with Crippen molar-refractivity contribution in [3.8, 4) is 5.75 Å². The maximum absolute atomic E-state index is 13.6. The second kappa shape index (κ2) is 12.5. The minimum atomic E-state index is -0.181. The summed E-state index contributed by atoms with van der Waals surface area (Å²) in [5.74, 6) is 0.169. The zero-order chi connectivity index (χ0) is 23.8. The molecule has 4 rings (SSSR count). The van der Waals surface area contributed by atoms with Gasteiger partial charge in [-0.3, -0.25) is 0 Å². The number of hydrogen-bond acceptors (Lipinski definition) is 2. The highest BCUT2D eigenvalue weighted by Gasteiger charge is 2.23. The number of likely N-dealkylation sites (tertiary alicyclic amines) is 1. The number of phenolic OH excluding ortho intramolecular Hbond substituents is 1. The molecule has 0 unspecified atom stereocenters. The van der Waals surface area contributed by atoms with Gasteiger partial charge in [-0.2, -0.15) is 0 Å². The van der Waals surface area contributed by atoms with E-state index >= 15 is 0 Å². The third-order valence-corrected chi connectivity index (χ3v) is 7.86. The van der Waals surface area contributed by atoms with Crippen molar-refractivity contribution in [2.24, 2.45) is 0 Å². The first-order valence-electron chi connectivity index (χ1n) is 13.7. The molecular weight excluding hydrogens is 421 g/mol. The molecule has 1 aliphatic carbocycles. The van der Waals surface area contributed by atoms with E-state index in [0.717, 1.165) is 37.3 Å². The summed E-state index contributed by atoms with van der Waals surface area (Å²) in [6, 6.07) is 13.7. The SMILES string of the molecule is CCCCC[C@@H]1CCCN1CCCCCC1=C(c2ccc(F)cc2)CCCc2cc(O)ccc21. The first kappa shape index (κ1) is 25.0. The Morgan fingerprint density at radius 1 is 0.941 bits per heavy atom. The molecule has 0 radical (unpaired) electrons. The molecule has 1 aliphatic heterocycles. The normalized spacial score (nSPS) is 18.8. The molecule has 0 spiro atoms. The van der Waals surface area contributed by atoms with Crippen LogP contribution in [0, 0.1) is 5.82 Å². The van der Waals surface area contributed by atoms with E-state index in [0.29, 0.717) is 5.75 Å². The van der Waals surface area contributed by atoms with E-state index in [1.165, 1.54) is 93.2 Å². The lowest BCUT2D eigenvalue weighted by Gasteiger charge is -2.24. The van der Waals surface area contributed by atoms with Crippen LogP contribution in [0.15, 0.2) is 42.5 Å². The molecule has 0 bridgehead atoms. The minimum absolute atomic E-state index is 0.181. The van der Waals surface area contributed by atoms with E-state index in [1.54, 1.807) is 12.1 Å². The lowest BCUT2D eigenvalue weighted by molar-refractivity contribution is 0.234. The summed E-state index contributed by atoms with van der Waals surface area (Å²) in [4.78, 5) is 2.75. The molecule has 3 heteroatoms. The third-order valence-electron chi connectivity index (χ3n) is 7.86. The highest BCUT2D eigenvalue weighted by atomic mass is 19.1. The number of aromatic hydroxyl groups is 1. The van der Waals surface area contributed by atoms with Gasteiger partial charge in [0.2, 0.25) is 0 Å². The van der Waals surface area contributed by atoms with Crippen LogP contribution in [0.25, 0.3) is 11.1 Å². The number of aryl methyl sites for hydroxylation is 1.